The molecule has 4 aliphatic heterocycles. The van der Waals surface area contributed by atoms with Crippen LogP contribution in [0, 0.1) is 6.92 Å². The fourth-order valence-electron chi connectivity index (χ4n) is 8.17. The predicted molar refractivity (Wildman–Crippen MR) is 175 cm³/mol. The zero-order chi connectivity index (χ0) is 26.8. The number of aryl methyl sites for hydroxylation is 1. The molecule has 4 heteroatoms. The summed E-state index contributed by atoms with van der Waals surface area (Å²) in [5.74, 6) is 0. The van der Waals surface area contributed by atoms with Gasteiger partial charge in [0.25, 0.3) is 0 Å². The first-order valence-electron chi connectivity index (χ1n) is 14.5. The van der Waals surface area contributed by atoms with E-state index in [1.807, 2.05) is 0 Å². The van der Waals surface area contributed by atoms with Crippen LogP contribution in [0.5, 0.6) is 0 Å². The summed E-state index contributed by atoms with van der Waals surface area (Å²) < 4.78 is 0. The molecule has 0 bridgehead atoms. The second kappa shape index (κ2) is 7.62. The van der Waals surface area contributed by atoms with Gasteiger partial charge in [0.15, 0.2) is 0 Å². The van der Waals surface area contributed by atoms with Gasteiger partial charge in [-0.25, -0.2) is 0 Å². The lowest BCUT2D eigenvalue weighted by Crippen LogP contribution is -2.65. The molecule has 0 saturated carbocycles. The molecule has 0 atom stereocenters. The van der Waals surface area contributed by atoms with Crippen LogP contribution in [0.4, 0.5) is 22.7 Å². The molecule has 10 rings (SSSR count). The average molecular weight is 518 g/mol. The number of hydrogen-bond acceptors (Lipinski definition) is 2. The normalized spacial score (nSPS) is 14.3. The summed E-state index contributed by atoms with van der Waals surface area (Å²) in [6.45, 7) is 2.43. The van der Waals surface area contributed by atoms with Crippen LogP contribution in [0.15, 0.2) is 127 Å². The third kappa shape index (κ3) is 2.61. The highest BCUT2D eigenvalue weighted by Gasteiger charge is 2.49. The number of anilines is 4. The van der Waals surface area contributed by atoms with E-state index < -0.39 is 0 Å². The highest BCUT2D eigenvalue weighted by Crippen LogP contribution is 2.51. The van der Waals surface area contributed by atoms with Crippen molar-refractivity contribution in [1.29, 1.82) is 0 Å². The molecule has 6 aromatic carbocycles. The molecular weight excluding hydrogens is 494 g/mol. The van der Waals surface area contributed by atoms with E-state index in [0.717, 1.165) is 0 Å². The zero-order valence-corrected chi connectivity index (χ0v) is 22.7. The third-order valence-electron chi connectivity index (χ3n) is 9.69. The number of fused-ring (bicyclic) bond motifs is 16. The van der Waals surface area contributed by atoms with Crippen LogP contribution in [0.1, 0.15) is 5.56 Å². The number of hydrogen-bond donors (Lipinski definition) is 0. The second-order valence-electron chi connectivity index (χ2n) is 11.7. The molecule has 0 aromatic heterocycles. The summed E-state index contributed by atoms with van der Waals surface area (Å²) in [5.41, 5.74) is 20.1. The lowest BCUT2D eigenvalue weighted by molar-refractivity contribution is 1.31. The molecule has 41 heavy (non-hydrogen) atoms. The molecule has 188 valence electrons. The third-order valence-corrected chi connectivity index (χ3v) is 9.69. The van der Waals surface area contributed by atoms with Crippen LogP contribution in [-0.4, -0.2) is 13.7 Å². The maximum atomic E-state index is 2.62. The molecule has 4 aliphatic rings. The van der Waals surface area contributed by atoms with Gasteiger partial charge in [0.1, 0.15) is 0 Å². The van der Waals surface area contributed by atoms with Crippen LogP contribution in [-0.2, 0) is 0 Å². The van der Waals surface area contributed by atoms with Crippen LogP contribution in [0.3, 0.4) is 0 Å². The Labute approximate surface area is 240 Å². The van der Waals surface area contributed by atoms with Gasteiger partial charge in [-0.2, -0.15) is 0 Å². The smallest absolute Gasteiger partial charge is 0.329 e. The first kappa shape index (κ1) is 21.8. The van der Waals surface area contributed by atoms with E-state index in [1.165, 1.54) is 83.5 Å². The molecule has 0 saturated heterocycles. The summed E-state index contributed by atoms with van der Waals surface area (Å²) in [7, 11) is 0. The molecule has 0 N–H and O–H groups in total. The first-order valence-corrected chi connectivity index (χ1v) is 14.5. The zero-order valence-electron chi connectivity index (χ0n) is 22.7. The van der Waals surface area contributed by atoms with Crippen molar-refractivity contribution in [3.05, 3.63) is 133 Å². The first-order chi connectivity index (χ1) is 20.3. The van der Waals surface area contributed by atoms with Crippen molar-refractivity contribution in [2.24, 2.45) is 0 Å². The van der Waals surface area contributed by atoms with Gasteiger partial charge >= 0.3 is 13.7 Å². The standard InChI is InChI=1S/C37H24B2N2/c1-23-20-21-29-27(22-23)26-12-4-7-17-33(26)41-35-19-8-14-30-36(35)37-31(39(29)41)15-9-18-34(37)40-32-16-6-3-11-25(32)24-10-2-5-13-28(24)38(30)40/h2-22H,1H3. The Morgan fingerprint density at radius 3 is 1.49 bits per heavy atom. The minimum Gasteiger partial charge on any atom is -0.376 e. The van der Waals surface area contributed by atoms with Crippen molar-refractivity contribution in [1.82, 2.24) is 0 Å². The number of rotatable bonds is 0. The molecule has 0 radical (unpaired) electrons. The minimum atomic E-state index is 0.113. The molecule has 0 spiro atoms. The molecule has 4 heterocycles. The van der Waals surface area contributed by atoms with E-state index in [0.29, 0.717) is 0 Å². The lowest BCUT2D eigenvalue weighted by Gasteiger charge is -2.49. The summed E-state index contributed by atoms with van der Waals surface area (Å²) in [5, 5.41) is 0. The monoisotopic (exact) mass is 518 g/mol. The Balaban J connectivity index is 1.35. The predicted octanol–water partition coefficient (Wildman–Crippen LogP) is 6.14. The van der Waals surface area contributed by atoms with Crippen LogP contribution in [0.25, 0.3) is 33.4 Å². The van der Waals surface area contributed by atoms with Gasteiger partial charge in [-0.3, -0.25) is 0 Å². The topological polar surface area (TPSA) is 6.48 Å². The van der Waals surface area contributed by atoms with Gasteiger partial charge in [-0.05, 0) is 64.2 Å². The van der Waals surface area contributed by atoms with Crippen molar-refractivity contribution in [3.8, 4) is 33.4 Å². The Morgan fingerprint density at radius 2 is 0.854 bits per heavy atom. The van der Waals surface area contributed by atoms with Gasteiger partial charge < -0.3 is 9.62 Å². The highest BCUT2D eigenvalue weighted by molar-refractivity contribution is 6.96. The highest BCUT2D eigenvalue weighted by atomic mass is 15.1. The summed E-state index contributed by atoms with van der Waals surface area (Å²) in [6, 6.07) is 47.9. The lowest BCUT2D eigenvalue weighted by atomic mass is 9.38. The molecule has 0 fully saturated rings. The van der Waals surface area contributed by atoms with E-state index in [4.69, 9.17) is 0 Å². The van der Waals surface area contributed by atoms with Gasteiger partial charge in [0, 0.05) is 45.0 Å². The van der Waals surface area contributed by atoms with Crippen LogP contribution < -0.4 is 31.5 Å². The number of nitrogens with zero attached hydrogens (tertiary/aromatic N) is 2. The maximum absolute atomic E-state index is 2.62. The van der Waals surface area contributed by atoms with Gasteiger partial charge in [0.2, 0.25) is 0 Å². The Morgan fingerprint density at radius 1 is 0.390 bits per heavy atom. The SMILES string of the molecule is Cc1ccc2c(c1)-c1ccccc1N1B2c2cccc3c2-c2c(cccc21)B1c2ccccc2-c2ccccc2N13. The molecule has 0 amide bonds. The Bertz CT molecular complexity index is 2120. The number of benzene rings is 6. The maximum Gasteiger partial charge on any atom is 0.329 e. The van der Waals surface area contributed by atoms with E-state index in [9.17, 15) is 0 Å². The minimum absolute atomic E-state index is 0.113. The molecule has 0 unspecified atom stereocenters. The van der Waals surface area contributed by atoms with Gasteiger partial charge in [-0.15, -0.1) is 0 Å². The fourth-order valence-corrected chi connectivity index (χ4v) is 8.17. The summed E-state index contributed by atoms with van der Waals surface area (Å²) in [4.78, 5) is 5.24. The van der Waals surface area contributed by atoms with Gasteiger partial charge in [-0.1, -0.05) is 109 Å². The Kier molecular flexibility index (Phi) is 4.05. The molecule has 0 aliphatic carbocycles. The average Bonchev–Trinajstić information content (AvgIpc) is 3.03. The quantitative estimate of drug-likeness (QED) is 0.223. The van der Waals surface area contributed by atoms with Gasteiger partial charge in [0.05, 0.1) is 0 Å². The van der Waals surface area contributed by atoms with E-state index in [2.05, 4.69) is 144 Å². The molecular formula is C37H24B2N2. The fraction of sp³-hybridized carbons (Fsp3) is 0.0270. The van der Waals surface area contributed by atoms with E-state index in [1.54, 1.807) is 0 Å². The number of para-hydroxylation sites is 2. The van der Waals surface area contributed by atoms with Crippen molar-refractivity contribution in [2.75, 3.05) is 9.62 Å². The van der Waals surface area contributed by atoms with Crippen molar-refractivity contribution < 1.29 is 0 Å². The summed E-state index contributed by atoms with van der Waals surface area (Å²) >= 11 is 0. The van der Waals surface area contributed by atoms with Crippen LogP contribution in [0.2, 0.25) is 0 Å². The second-order valence-corrected chi connectivity index (χ2v) is 11.7. The van der Waals surface area contributed by atoms with E-state index in [-0.39, 0.29) is 13.7 Å². The summed E-state index contributed by atoms with van der Waals surface area (Å²) in [6.07, 6.45) is 0. The Hall–Kier alpha value is -4.95. The van der Waals surface area contributed by atoms with Crippen molar-refractivity contribution >= 4 is 58.3 Å². The van der Waals surface area contributed by atoms with Crippen molar-refractivity contribution in [2.45, 2.75) is 6.92 Å². The molecule has 2 nitrogen and oxygen atoms in total. The van der Waals surface area contributed by atoms with Crippen LogP contribution >= 0.6 is 0 Å². The largest absolute Gasteiger partial charge is 0.376 e. The van der Waals surface area contributed by atoms with E-state index >= 15 is 0 Å². The van der Waals surface area contributed by atoms with Crippen molar-refractivity contribution in [3.63, 3.8) is 0 Å². The molecule has 6 aromatic rings.